The van der Waals surface area contributed by atoms with Crippen molar-refractivity contribution in [2.24, 2.45) is 0 Å². The van der Waals surface area contributed by atoms with E-state index < -0.39 is 0 Å². The summed E-state index contributed by atoms with van der Waals surface area (Å²) in [5.74, 6) is 0.916. The van der Waals surface area contributed by atoms with Gasteiger partial charge in [-0.1, -0.05) is 12.1 Å². The van der Waals surface area contributed by atoms with Gasteiger partial charge in [0.15, 0.2) is 0 Å². The minimum atomic E-state index is 0.304. The van der Waals surface area contributed by atoms with Crippen LogP contribution in [0.4, 0.5) is 0 Å². The van der Waals surface area contributed by atoms with Crippen molar-refractivity contribution in [1.29, 1.82) is 0 Å². The number of ether oxygens (including phenoxy) is 1. The normalized spacial score (nSPS) is 18.3. The Hall–Kier alpha value is -1.32. The lowest BCUT2D eigenvalue weighted by atomic mass is 9.99. The maximum atomic E-state index is 5.26. The van der Waals surface area contributed by atoms with Crippen molar-refractivity contribution in [2.75, 3.05) is 33.3 Å². The molecular weight excluding hydrogens is 224 g/mol. The molecule has 98 valence electrons. The van der Waals surface area contributed by atoms with E-state index in [2.05, 4.69) is 35.9 Å². The second kappa shape index (κ2) is 6.03. The molecule has 0 bridgehead atoms. The number of hydrogen-bond donors (Lipinski definition) is 1. The molecule has 1 aliphatic heterocycles. The van der Waals surface area contributed by atoms with E-state index in [1.165, 1.54) is 11.1 Å². The van der Waals surface area contributed by atoms with E-state index in [4.69, 9.17) is 4.74 Å². The molecule has 0 saturated carbocycles. The van der Waals surface area contributed by atoms with Gasteiger partial charge in [-0.25, -0.2) is 0 Å². The molecule has 0 aliphatic carbocycles. The summed E-state index contributed by atoms with van der Waals surface area (Å²) >= 11 is 0. The fourth-order valence-electron chi connectivity index (χ4n) is 2.54. The molecule has 1 heterocycles. The Morgan fingerprint density at radius 2 is 2.11 bits per heavy atom. The highest BCUT2D eigenvalue weighted by atomic mass is 16.5. The number of benzene rings is 1. The zero-order valence-electron chi connectivity index (χ0n) is 11.3. The van der Waals surface area contributed by atoms with Gasteiger partial charge in [-0.05, 0) is 30.2 Å². The second-order valence-corrected chi connectivity index (χ2v) is 4.69. The first-order valence-corrected chi connectivity index (χ1v) is 6.48. The van der Waals surface area contributed by atoms with Gasteiger partial charge in [-0.2, -0.15) is 0 Å². The predicted molar refractivity (Wildman–Crippen MR) is 75.1 cm³/mol. The molecule has 18 heavy (non-hydrogen) atoms. The molecule has 0 aromatic heterocycles. The average Bonchev–Trinajstić information content (AvgIpc) is 2.42. The van der Waals surface area contributed by atoms with Crippen LogP contribution in [0.2, 0.25) is 0 Å². The minimum Gasteiger partial charge on any atom is -0.497 e. The molecule has 1 aliphatic rings. The van der Waals surface area contributed by atoms with Gasteiger partial charge in [0.2, 0.25) is 0 Å². The van der Waals surface area contributed by atoms with Crippen LogP contribution in [-0.2, 0) is 0 Å². The quantitative estimate of drug-likeness (QED) is 0.824. The van der Waals surface area contributed by atoms with Crippen LogP contribution < -0.4 is 10.1 Å². The third kappa shape index (κ3) is 2.74. The second-order valence-electron chi connectivity index (χ2n) is 4.69. The summed E-state index contributed by atoms with van der Waals surface area (Å²) in [5.41, 5.74) is 2.59. The van der Waals surface area contributed by atoms with Gasteiger partial charge in [0.05, 0.1) is 13.2 Å². The first kappa shape index (κ1) is 13.1. The first-order chi connectivity index (χ1) is 8.76. The summed E-state index contributed by atoms with van der Waals surface area (Å²) in [4.78, 5) is 2.47. The predicted octanol–water partition coefficient (Wildman–Crippen LogP) is 2.14. The highest BCUT2D eigenvalue weighted by Crippen LogP contribution is 2.27. The molecule has 0 radical (unpaired) electrons. The number of methoxy groups -OCH3 is 1. The lowest BCUT2D eigenvalue weighted by molar-refractivity contribution is 0.203. The zero-order valence-corrected chi connectivity index (χ0v) is 11.3. The number of nitrogens with one attached hydrogen (secondary N) is 1. The molecule has 1 atom stereocenters. The van der Waals surface area contributed by atoms with Crippen molar-refractivity contribution in [1.82, 2.24) is 10.2 Å². The summed E-state index contributed by atoms with van der Waals surface area (Å²) in [6, 6.07) is 6.58. The van der Waals surface area contributed by atoms with E-state index >= 15 is 0 Å². The summed E-state index contributed by atoms with van der Waals surface area (Å²) in [7, 11) is 1.70. The Bertz CT molecular complexity index is 411. The highest BCUT2D eigenvalue weighted by molar-refractivity contribution is 5.38. The largest absolute Gasteiger partial charge is 0.497 e. The molecular formula is C15H22N2O. The van der Waals surface area contributed by atoms with Crippen molar-refractivity contribution < 1.29 is 4.74 Å². The maximum Gasteiger partial charge on any atom is 0.119 e. The van der Waals surface area contributed by atoms with Crippen molar-refractivity contribution >= 4 is 0 Å². The van der Waals surface area contributed by atoms with E-state index in [9.17, 15) is 0 Å². The lowest BCUT2D eigenvalue weighted by Gasteiger charge is -2.34. The van der Waals surface area contributed by atoms with Crippen LogP contribution in [0.5, 0.6) is 5.75 Å². The zero-order chi connectivity index (χ0) is 13.0. The Kier molecular flexibility index (Phi) is 4.39. The van der Waals surface area contributed by atoms with E-state index in [0.29, 0.717) is 6.04 Å². The standard InChI is InChI=1S/C15H22N2O/c1-4-15(17-9-7-16-8-10-17)14-6-5-13(18-3)11-12(14)2/h4-6,11,15-16H,1,7-10H2,2-3H3/t15-/m0/s1. The fourth-order valence-corrected chi connectivity index (χ4v) is 2.54. The van der Waals surface area contributed by atoms with E-state index in [1.807, 2.05) is 12.1 Å². The molecule has 3 nitrogen and oxygen atoms in total. The van der Waals surface area contributed by atoms with Crippen molar-refractivity contribution in [3.05, 3.63) is 42.0 Å². The number of nitrogens with zero attached hydrogens (tertiary/aromatic N) is 1. The van der Waals surface area contributed by atoms with Crippen molar-refractivity contribution in [2.45, 2.75) is 13.0 Å². The third-order valence-electron chi connectivity index (χ3n) is 3.56. The number of rotatable bonds is 4. The van der Waals surface area contributed by atoms with Gasteiger partial charge in [0.25, 0.3) is 0 Å². The van der Waals surface area contributed by atoms with Crippen LogP contribution in [0, 0.1) is 6.92 Å². The molecule has 0 spiro atoms. The summed E-state index contributed by atoms with van der Waals surface area (Å²) in [5, 5.41) is 3.38. The number of aryl methyl sites for hydroxylation is 1. The molecule has 1 N–H and O–H groups in total. The van der Waals surface area contributed by atoms with Gasteiger partial charge in [0, 0.05) is 26.2 Å². The van der Waals surface area contributed by atoms with Gasteiger partial charge in [-0.3, -0.25) is 4.90 Å². The minimum absolute atomic E-state index is 0.304. The Balaban J connectivity index is 2.23. The Morgan fingerprint density at radius 1 is 1.39 bits per heavy atom. The molecule has 2 rings (SSSR count). The molecule has 1 aromatic carbocycles. The van der Waals surface area contributed by atoms with Crippen molar-refractivity contribution in [3.63, 3.8) is 0 Å². The smallest absolute Gasteiger partial charge is 0.119 e. The lowest BCUT2D eigenvalue weighted by Crippen LogP contribution is -2.44. The third-order valence-corrected chi connectivity index (χ3v) is 3.56. The van der Waals surface area contributed by atoms with Crippen LogP contribution in [0.25, 0.3) is 0 Å². The number of piperazine rings is 1. The molecule has 3 heteroatoms. The van der Waals surface area contributed by atoms with E-state index in [0.717, 1.165) is 31.9 Å². The van der Waals surface area contributed by atoms with Crippen LogP contribution in [0.15, 0.2) is 30.9 Å². The average molecular weight is 246 g/mol. The monoisotopic (exact) mass is 246 g/mol. The molecule has 1 saturated heterocycles. The molecule has 1 fully saturated rings. The summed E-state index contributed by atoms with van der Waals surface area (Å²) < 4.78 is 5.26. The molecule has 1 aromatic rings. The van der Waals surface area contributed by atoms with Crippen LogP contribution in [-0.4, -0.2) is 38.2 Å². The van der Waals surface area contributed by atoms with Gasteiger partial charge in [-0.15, -0.1) is 6.58 Å². The summed E-state index contributed by atoms with van der Waals surface area (Å²) in [6.45, 7) is 10.4. The van der Waals surface area contributed by atoms with Gasteiger partial charge >= 0.3 is 0 Å². The van der Waals surface area contributed by atoms with Crippen LogP contribution in [0.1, 0.15) is 17.2 Å². The molecule has 0 unspecified atom stereocenters. The highest BCUT2D eigenvalue weighted by Gasteiger charge is 2.20. The van der Waals surface area contributed by atoms with E-state index in [1.54, 1.807) is 7.11 Å². The molecule has 0 amide bonds. The Labute approximate surface area is 109 Å². The Morgan fingerprint density at radius 3 is 2.67 bits per heavy atom. The topological polar surface area (TPSA) is 24.5 Å². The first-order valence-electron chi connectivity index (χ1n) is 6.48. The van der Waals surface area contributed by atoms with Gasteiger partial charge in [0.1, 0.15) is 5.75 Å². The van der Waals surface area contributed by atoms with Crippen LogP contribution >= 0.6 is 0 Å². The number of hydrogen-bond acceptors (Lipinski definition) is 3. The van der Waals surface area contributed by atoms with E-state index in [-0.39, 0.29) is 0 Å². The fraction of sp³-hybridized carbons (Fsp3) is 0.467. The maximum absolute atomic E-state index is 5.26. The summed E-state index contributed by atoms with van der Waals surface area (Å²) in [6.07, 6.45) is 2.04. The van der Waals surface area contributed by atoms with Gasteiger partial charge < -0.3 is 10.1 Å². The SMILES string of the molecule is C=C[C@@H](c1ccc(OC)cc1C)N1CCNCC1. The van der Waals surface area contributed by atoms with Crippen LogP contribution in [0.3, 0.4) is 0 Å². The van der Waals surface area contributed by atoms with Crippen molar-refractivity contribution in [3.8, 4) is 5.75 Å².